The monoisotopic (exact) mass is 186 g/mol. The molecule has 0 aromatic rings. The molecule has 0 spiro atoms. The second-order valence-corrected chi connectivity index (χ2v) is 3.96. The van der Waals surface area contributed by atoms with Gasteiger partial charge in [-0.3, -0.25) is 0 Å². The first-order chi connectivity index (χ1) is 5.68. The maximum Gasteiger partial charge on any atom is 0.0751 e. The van der Waals surface area contributed by atoms with Crippen LogP contribution in [0.1, 0.15) is 33.6 Å². The van der Waals surface area contributed by atoms with Crippen molar-refractivity contribution in [3.63, 3.8) is 0 Å². The van der Waals surface area contributed by atoms with Gasteiger partial charge in [0.1, 0.15) is 0 Å². The molecule has 0 fully saturated rings. The highest BCUT2D eigenvalue weighted by molar-refractivity contribution is 7.95. The Morgan fingerprint density at radius 3 is 1.83 bits per heavy atom. The lowest BCUT2D eigenvalue weighted by Crippen LogP contribution is -2.11. The van der Waals surface area contributed by atoms with Crippen LogP contribution in [0.2, 0.25) is 0 Å². The molecule has 0 aliphatic heterocycles. The zero-order valence-electron chi connectivity index (χ0n) is 8.08. The van der Waals surface area contributed by atoms with Gasteiger partial charge in [-0.2, -0.15) is 0 Å². The van der Waals surface area contributed by atoms with Gasteiger partial charge in [0.15, 0.2) is 0 Å². The Bertz CT molecular complexity index is 147. The van der Waals surface area contributed by atoms with Crippen molar-refractivity contribution in [3.05, 3.63) is 24.3 Å². The fraction of sp³-hybridized carbons (Fsp3) is 0.600. The van der Waals surface area contributed by atoms with E-state index in [2.05, 4.69) is 26.0 Å². The Morgan fingerprint density at radius 1 is 1.17 bits per heavy atom. The molecule has 0 aliphatic rings. The summed E-state index contributed by atoms with van der Waals surface area (Å²) < 4.78 is 8.81. The van der Waals surface area contributed by atoms with Crippen LogP contribution in [0, 0.1) is 0 Å². The molecule has 70 valence electrons. The molecular formula is C10H18OS. The van der Waals surface area contributed by atoms with Crippen molar-refractivity contribution in [1.82, 2.24) is 0 Å². The molecule has 0 atom stereocenters. The van der Waals surface area contributed by atoms with E-state index in [-0.39, 0.29) is 4.75 Å². The van der Waals surface area contributed by atoms with Crippen LogP contribution in [0.25, 0.3) is 0 Å². The minimum Gasteiger partial charge on any atom is -0.329 e. The summed E-state index contributed by atoms with van der Waals surface area (Å²) in [5, 5.41) is 0. The molecule has 0 aromatic heterocycles. The highest BCUT2D eigenvalue weighted by atomic mass is 32.2. The molecule has 0 radical (unpaired) electrons. The fourth-order valence-corrected chi connectivity index (χ4v) is 1.13. The van der Waals surface area contributed by atoms with Crippen molar-refractivity contribution in [3.8, 4) is 0 Å². The first-order valence-electron chi connectivity index (χ1n) is 4.36. The van der Waals surface area contributed by atoms with Crippen LogP contribution in [0.15, 0.2) is 24.3 Å². The summed E-state index contributed by atoms with van der Waals surface area (Å²) in [6.45, 7) is 6.17. The van der Waals surface area contributed by atoms with Gasteiger partial charge in [0.25, 0.3) is 0 Å². The zero-order valence-corrected chi connectivity index (χ0v) is 8.90. The summed E-state index contributed by atoms with van der Waals surface area (Å²) in [7, 11) is 0. The van der Waals surface area contributed by atoms with E-state index in [1.54, 1.807) is 0 Å². The molecule has 0 rings (SSSR count). The minimum atomic E-state index is -0.244. The molecule has 0 saturated carbocycles. The molecule has 0 aliphatic carbocycles. The molecular weight excluding hydrogens is 168 g/mol. The number of hydrogen-bond donors (Lipinski definition) is 1. The Labute approximate surface area is 79.8 Å². The van der Waals surface area contributed by atoms with E-state index in [0.717, 1.165) is 24.9 Å². The van der Waals surface area contributed by atoms with E-state index in [1.165, 1.54) is 0 Å². The average Bonchev–Trinajstić information content (AvgIpc) is 2.11. The lowest BCUT2D eigenvalue weighted by Gasteiger charge is -2.16. The lowest BCUT2D eigenvalue weighted by atomic mass is 10.1. The van der Waals surface area contributed by atoms with E-state index in [0.29, 0.717) is 0 Å². The van der Waals surface area contributed by atoms with Crippen molar-refractivity contribution >= 4 is 12.0 Å². The van der Waals surface area contributed by atoms with E-state index in [1.807, 2.05) is 19.1 Å². The topological polar surface area (TPSA) is 20.2 Å². The second kappa shape index (κ2) is 6.32. The van der Waals surface area contributed by atoms with E-state index >= 15 is 0 Å². The SMILES string of the molecule is CCC=CC(C)(C=CCC)SO. The summed E-state index contributed by atoms with van der Waals surface area (Å²) in [5.74, 6) is 0. The van der Waals surface area contributed by atoms with Crippen molar-refractivity contribution in [2.24, 2.45) is 0 Å². The van der Waals surface area contributed by atoms with Crippen LogP contribution >= 0.6 is 12.0 Å². The van der Waals surface area contributed by atoms with Crippen LogP contribution in [0.4, 0.5) is 0 Å². The maximum atomic E-state index is 9.05. The van der Waals surface area contributed by atoms with Crippen LogP contribution in [0.3, 0.4) is 0 Å². The summed E-state index contributed by atoms with van der Waals surface area (Å²) >= 11 is 0.879. The molecule has 0 amide bonds. The molecule has 2 heteroatoms. The lowest BCUT2D eigenvalue weighted by molar-refractivity contribution is 0.647. The van der Waals surface area contributed by atoms with Gasteiger partial charge in [-0.15, -0.1) is 0 Å². The number of hydrogen-bond acceptors (Lipinski definition) is 2. The fourth-order valence-electron chi connectivity index (χ4n) is 0.820. The summed E-state index contributed by atoms with van der Waals surface area (Å²) in [5.41, 5.74) is 0. The smallest absolute Gasteiger partial charge is 0.0751 e. The Hall–Kier alpha value is -0.210. The molecule has 0 heterocycles. The summed E-state index contributed by atoms with van der Waals surface area (Å²) in [6.07, 6.45) is 10.2. The maximum absolute atomic E-state index is 9.05. The first-order valence-corrected chi connectivity index (χ1v) is 5.13. The highest BCUT2D eigenvalue weighted by Crippen LogP contribution is 2.25. The van der Waals surface area contributed by atoms with E-state index < -0.39 is 0 Å². The van der Waals surface area contributed by atoms with Crippen LogP contribution < -0.4 is 0 Å². The van der Waals surface area contributed by atoms with Crippen molar-refractivity contribution in [2.45, 2.75) is 38.4 Å². The van der Waals surface area contributed by atoms with Crippen LogP contribution in [-0.4, -0.2) is 9.30 Å². The molecule has 0 saturated heterocycles. The third-order valence-corrected chi connectivity index (χ3v) is 2.23. The van der Waals surface area contributed by atoms with Gasteiger partial charge in [-0.25, -0.2) is 0 Å². The van der Waals surface area contributed by atoms with Gasteiger partial charge in [-0.05, 0) is 19.8 Å². The Morgan fingerprint density at radius 2 is 1.58 bits per heavy atom. The van der Waals surface area contributed by atoms with Crippen LogP contribution in [-0.2, 0) is 0 Å². The summed E-state index contributed by atoms with van der Waals surface area (Å²) in [4.78, 5) is 0. The standard InChI is InChI=1S/C10H18OS/c1-4-6-8-10(3,12-11)9-7-5-2/h6-9,11H,4-5H2,1-3H3. The van der Waals surface area contributed by atoms with Crippen molar-refractivity contribution < 1.29 is 4.55 Å². The highest BCUT2D eigenvalue weighted by Gasteiger charge is 2.15. The normalized spacial score (nSPS) is 17.3. The molecule has 0 aromatic carbocycles. The predicted octanol–water partition coefficient (Wildman–Crippen LogP) is 3.88. The molecule has 1 N–H and O–H groups in total. The van der Waals surface area contributed by atoms with Crippen molar-refractivity contribution in [2.75, 3.05) is 0 Å². The van der Waals surface area contributed by atoms with Crippen molar-refractivity contribution in [1.29, 1.82) is 0 Å². The Kier molecular flexibility index (Phi) is 6.21. The van der Waals surface area contributed by atoms with Gasteiger partial charge in [0, 0.05) is 12.0 Å². The third-order valence-electron chi connectivity index (χ3n) is 1.57. The second-order valence-electron chi connectivity index (χ2n) is 2.90. The zero-order chi connectivity index (χ0) is 9.45. The van der Waals surface area contributed by atoms with Gasteiger partial charge < -0.3 is 4.55 Å². The van der Waals surface area contributed by atoms with Gasteiger partial charge in [0.05, 0.1) is 4.75 Å². The average molecular weight is 186 g/mol. The number of allylic oxidation sites excluding steroid dienone is 2. The molecule has 1 nitrogen and oxygen atoms in total. The predicted molar refractivity (Wildman–Crippen MR) is 57.5 cm³/mol. The van der Waals surface area contributed by atoms with Gasteiger partial charge >= 0.3 is 0 Å². The van der Waals surface area contributed by atoms with Gasteiger partial charge in [0.2, 0.25) is 0 Å². The van der Waals surface area contributed by atoms with E-state index in [9.17, 15) is 0 Å². The molecule has 12 heavy (non-hydrogen) atoms. The number of rotatable bonds is 5. The van der Waals surface area contributed by atoms with E-state index in [4.69, 9.17) is 4.55 Å². The molecule has 0 bridgehead atoms. The summed E-state index contributed by atoms with van der Waals surface area (Å²) in [6, 6.07) is 0. The molecule has 0 unspecified atom stereocenters. The third kappa shape index (κ3) is 4.62. The van der Waals surface area contributed by atoms with Crippen LogP contribution in [0.5, 0.6) is 0 Å². The first kappa shape index (κ1) is 11.8. The quantitative estimate of drug-likeness (QED) is 0.519. The largest absolute Gasteiger partial charge is 0.329 e. The minimum absolute atomic E-state index is 0.244. The Balaban J connectivity index is 4.23. The van der Waals surface area contributed by atoms with Gasteiger partial charge in [-0.1, -0.05) is 38.2 Å².